The molecular formula is C19H22N4O3. The number of hydrogen-bond acceptors (Lipinski definition) is 6. The molecule has 3 aliphatic rings. The van der Waals surface area contributed by atoms with Gasteiger partial charge >= 0.3 is 0 Å². The Balaban J connectivity index is 1.76. The Morgan fingerprint density at radius 3 is 2.85 bits per heavy atom. The zero-order valence-electron chi connectivity index (χ0n) is 14.5. The molecule has 3 heterocycles. The highest BCUT2D eigenvalue weighted by Gasteiger charge is 2.27. The molecule has 0 radical (unpaired) electrons. The van der Waals surface area contributed by atoms with Gasteiger partial charge in [0.2, 0.25) is 0 Å². The SMILES string of the molecule is O=c1c(N2CCNCC2)nccn1C(C1=CC=CCC1)C1=COC=CO1. The molecule has 0 aromatic carbocycles. The van der Waals surface area contributed by atoms with Crippen LogP contribution in [0.1, 0.15) is 18.9 Å². The minimum atomic E-state index is -0.345. The molecule has 1 saturated heterocycles. The van der Waals surface area contributed by atoms with Crippen LogP contribution in [-0.2, 0) is 9.47 Å². The second kappa shape index (κ2) is 7.61. The minimum Gasteiger partial charge on any atom is -0.466 e. The number of aromatic nitrogens is 2. The van der Waals surface area contributed by atoms with Gasteiger partial charge in [0.1, 0.15) is 24.8 Å². The van der Waals surface area contributed by atoms with Crippen molar-refractivity contribution in [2.24, 2.45) is 0 Å². The van der Waals surface area contributed by atoms with E-state index in [2.05, 4.69) is 16.4 Å². The quantitative estimate of drug-likeness (QED) is 0.890. The molecule has 1 unspecified atom stereocenters. The van der Waals surface area contributed by atoms with E-state index in [1.165, 1.54) is 12.5 Å². The number of ether oxygens (including phenoxy) is 2. The zero-order chi connectivity index (χ0) is 17.8. The van der Waals surface area contributed by atoms with Crippen LogP contribution < -0.4 is 15.8 Å². The molecular weight excluding hydrogens is 332 g/mol. The summed E-state index contributed by atoms with van der Waals surface area (Å²) in [5, 5.41) is 3.30. The van der Waals surface area contributed by atoms with Gasteiger partial charge in [0.05, 0.1) is 0 Å². The lowest BCUT2D eigenvalue weighted by Crippen LogP contribution is -2.46. The average Bonchev–Trinajstić information content (AvgIpc) is 2.72. The van der Waals surface area contributed by atoms with Crippen molar-refractivity contribution in [3.05, 3.63) is 71.1 Å². The van der Waals surface area contributed by atoms with Gasteiger partial charge in [-0.1, -0.05) is 18.2 Å². The highest BCUT2D eigenvalue weighted by Crippen LogP contribution is 2.32. The van der Waals surface area contributed by atoms with E-state index in [1.807, 2.05) is 17.1 Å². The molecule has 0 spiro atoms. The first-order chi connectivity index (χ1) is 12.8. The molecule has 7 nitrogen and oxygen atoms in total. The summed E-state index contributed by atoms with van der Waals surface area (Å²) < 4.78 is 12.7. The van der Waals surface area contributed by atoms with Gasteiger partial charge in [0, 0.05) is 38.6 Å². The number of hydrogen-bond donors (Lipinski definition) is 1. The van der Waals surface area contributed by atoms with E-state index < -0.39 is 0 Å². The van der Waals surface area contributed by atoms with E-state index in [0.29, 0.717) is 11.6 Å². The third-order valence-electron chi connectivity index (χ3n) is 4.73. The minimum absolute atomic E-state index is 0.117. The number of nitrogens with one attached hydrogen (secondary N) is 1. The fourth-order valence-corrected chi connectivity index (χ4v) is 3.46. The molecule has 26 heavy (non-hydrogen) atoms. The van der Waals surface area contributed by atoms with Crippen molar-refractivity contribution in [3.8, 4) is 0 Å². The maximum Gasteiger partial charge on any atom is 0.294 e. The Bertz CT molecular complexity index is 831. The Hall–Kier alpha value is -2.80. The van der Waals surface area contributed by atoms with E-state index in [1.54, 1.807) is 23.2 Å². The third-order valence-corrected chi connectivity index (χ3v) is 4.73. The van der Waals surface area contributed by atoms with Crippen LogP contribution in [0.25, 0.3) is 0 Å². The van der Waals surface area contributed by atoms with Crippen molar-refractivity contribution in [2.75, 3.05) is 31.1 Å². The second-order valence-corrected chi connectivity index (χ2v) is 6.36. The monoisotopic (exact) mass is 354 g/mol. The van der Waals surface area contributed by atoms with Crippen LogP contribution in [-0.4, -0.2) is 35.7 Å². The van der Waals surface area contributed by atoms with Crippen LogP contribution in [0.15, 0.2) is 65.5 Å². The fourth-order valence-electron chi connectivity index (χ4n) is 3.46. The Kier molecular flexibility index (Phi) is 4.88. The Morgan fingerprint density at radius 2 is 2.12 bits per heavy atom. The van der Waals surface area contributed by atoms with Crippen LogP contribution in [0.5, 0.6) is 0 Å². The maximum absolute atomic E-state index is 13.2. The molecule has 1 aliphatic carbocycles. The van der Waals surface area contributed by atoms with Crippen molar-refractivity contribution in [2.45, 2.75) is 18.9 Å². The molecule has 1 aromatic heterocycles. The van der Waals surface area contributed by atoms with E-state index in [4.69, 9.17) is 9.47 Å². The van der Waals surface area contributed by atoms with Gasteiger partial charge in [0.25, 0.3) is 5.56 Å². The number of piperazine rings is 1. The predicted octanol–water partition coefficient (Wildman–Crippen LogP) is 1.83. The smallest absolute Gasteiger partial charge is 0.294 e. The van der Waals surface area contributed by atoms with Gasteiger partial charge in [-0.15, -0.1) is 0 Å². The standard InChI is InChI=1S/C19H22N4O3/c24-19-18(22-9-6-20-7-10-22)21-8-11-23(19)17(15-4-2-1-3-5-15)16-14-25-12-13-26-16/h1-2,4,8,11-14,17,20H,3,5-7,9-10H2. The van der Waals surface area contributed by atoms with Gasteiger partial charge in [-0.25, -0.2) is 4.98 Å². The van der Waals surface area contributed by atoms with E-state index in [9.17, 15) is 4.79 Å². The molecule has 0 saturated carbocycles. The van der Waals surface area contributed by atoms with Crippen molar-refractivity contribution >= 4 is 5.82 Å². The summed E-state index contributed by atoms with van der Waals surface area (Å²) in [5.74, 6) is 1.08. The summed E-state index contributed by atoms with van der Waals surface area (Å²) >= 11 is 0. The Morgan fingerprint density at radius 1 is 1.23 bits per heavy atom. The largest absolute Gasteiger partial charge is 0.466 e. The van der Waals surface area contributed by atoms with Gasteiger partial charge in [0.15, 0.2) is 11.6 Å². The zero-order valence-corrected chi connectivity index (χ0v) is 14.5. The summed E-state index contributed by atoms with van der Waals surface area (Å²) in [5.41, 5.74) is 0.992. The topological polar surface area (TPSA) is 68.6 Å². The highest BCUT2D eigenvalue weighted by atomic mass is 16.5. The van der Waals surface area contributed by atoms with Crippen molar-refractivity contribution in [1.29, 1.82) is 0 Å². The lowest BCUT2D eigenvalue weighted by Gasteiger charge is -2.30. The first-order valence-electron chi connectivity index (χ1n) is 8.90. The molecule has 1 aromatic rings. The number of nitrogens with zero attached hydrogens (tertiary/aromatic N) is 3. The average molecular weight is 354 g/mol. The molecule has 0 amide bonds. The molecule has 0 bridgehead atoms. The van der Waals surface area contributed by atoms with Crippen LogP contribution in [0.3, 0.4) is 0 Å². The molecule has 1 atom stereocenters. The molecule has 2 aliphatic heterocycles. The maximum atomic E-state index is 13.2. The second-order valence-electron chi connectivity index (χ2n) is 6.36. The number of anilines is 1. The van der Waals surface area contributed by atoms with Crippen molar-refractivity contribution in [3.63, 3.8) is 0 Å². The summed E-state index contributed by atoms with van der Waals surface area (Å²) in [6.45, 7) is 3.24. The first kappa shape index (κ1) is 16.7. The molecule has 4 rings (SSSR count). The van der Waals surface area contributed by atoms with E-state index in [0.717, 1.165) is 44.6 Å². The van der Waals surface area contributed by atoms with Crippen molar-refractivity contribution < 1.29 is 9.47 Å². The van der Waals surface area contributed by atoms with Gasteiger partial charge < -0.3 is 19.7 Å². The molecule has 7 heteroatoms. The lowest BCUT2D eigenvalue weighted by atomic mass is 9.96. The third kappa shape index (κ3) is 3.30. The predicted molar refractivity (Wildman–Crippen MR) is 98.5 cm³/mol. The molecule has 1 fully saturated rings. The molecule has 1 N–H and O–H groups in total. The van der Waals surface area contributed by atoms with Crippen LogP contribution in [0, 0.1) is 0 Å². The highest BCUT2D eigenvalue weighted by molar-refractivity contribution is 5.38. The van der Waals surface area contributed by atoms with E-state index in [-0.39, 0.29) is 11.6 Å². The van der Waals surface area contributed by atoms with Gasteiger partial charge in [-0.05, 0) is 18.4 Å². The summed E-state index contributed by atoms with van der Waals surface area (Å²) in [6, 6.07) is -0.345. The normalized spacial score (nSPS) is 20.7. The Labute approximate surface area is 151 Å². The molecule has 136 valence electrons. The van der Waals surface area contributed by atoms with Crippen LogP contribution in [0.2, 0.25) is 0 Å². The summed E-state index contributed by atoms with van der Waals surface area (Å²) in [4.78, 5) is 19.6. The van der Waals surface area contributed by atoms with Crippen LogP contribution in [0.4, 0.5) is 5.82 Å². The summed E-state index contributed by atoms with van der Waals surface area (Å²) in [6.07, 6.45) is 15.9. The summed E-state index contributed by atoms with van der Waals surface area (Å²) in [7, 11) is 0. The van der Waals surface area contributed by atoms with Crippen LogP contribution >= 0.6 is 0 Å². The lowest BCUT2D eigenvalue weighted by molar-refractivity contribution is 0.226. The number of rotatable bonds is 4. The van der Waals surface area contributed by atoms with Crippen molar-refractivity contribution in [1.82, 2.24) is 14.9 Å². The van der Waals surface area contributed by atoms with Gasteiger partial charge in [-0.2, -0.15) is 0 Å². The van der Waals surface area contributed by atoms with Gasteiger partial charge in [-0.3, -0.25) is 9.36 Å². The number of allylic oxidation sites excluding steroid dienone is 4. The fraction of sp³-hybridized carbons (Fsp3) is 0.368. The van der Waals surface area contributed by atoms with E-state index >= 15 is 0 Å². The first-order valence-corrected chi connectivity index (χ1v) is 8.90.